The van der Waals surface area contributed by atoms with Crippen LogP contribution in [0.25, 0.3) is 0 Å². The Morgan fingerprint density at radius 2 is 1.95 bits per heavy atom. The van der Waals surface area contributed by atoms with Crippen molar-refractivity contribution in [3.05, 3.63) is 65.7 Å². The number of halogens is 1. The van der Waals surface area contributed by atoms with Gasteiger partial charge in [0, 0.05) is 6.20 Å². The molecule has 2 aromatic rings. The molecule has 0 unspecified atom stereocenters. The number of carbonyl (C=O) groups is 2. The van der Waals surface area contributed by atoms with Gasteiger partial charge in [0.2, 0.25) is 0 Å². The second-order valence-corrected chi connectivity index (χ2v) is 4.21. The summed E-state index contributed by atoms with van der Waals surface area (Å²) in [4.78, 5) is 27.2. The zero-order chi connectivity index (χ0) is 15.8. The summed E-state index contributed by atoms with van der Waals surface area (Å²) in [5, 5.41) is 6.01. The van der Waals surface area contributed by atoms with Crippen LogP contribution in [-0.4, -0.2) is 29.6 Å². The van der Waals surface area contributed by atoms with Gasteiger partial charge in [-0.1, -0.05) is 18.2 Å². The summed E-state index contributed by atoms with van der Waals surface area (Å²) >= 11 is 0. The Balaban J connectivity index is 1.80. The lowest BCUT2D eigenvalue weighted by atomic mass is 10.2. The van der Waals surface area contributed by atoms with Gasteiger partial charge in [0.25, 0.3) is 11.8 Å². The molecule has 0 aliphatic carbocycles. The number of hydrazone groups is 1. The fraction of sp³-hybridized carbons (Fsp3) is 0.0667. The van der Waals surface area contributed by atoms with Crippen LogP contribution >= 0.6 is 0 Å². The first-order valence-electron chi connectivity index (χ1n) is 6.42. The molecule has 22 heavy (non-hydrogen) atoms. The molecule has 2 rings (SSSR count). The van der Waals surface area contributed by atoms with Crippen molar-refractivity contribution in [1.29, 1.82) is 0 Å². The number of benzene rings is 1. The van der Waals surface area contributed by atoms with E-state index in [-0.39, 0.29) is 12.1 Å². The number of hydrogen-bond acceptors (Lipinski definition) is 4. The number of amides is 2. The third-order valence-electron chi connectivity index (χ3n) is 2.60. The van der Waals surface area contributed by atoms with Crippen LogP contribution < -0.4 is 10.7 Å². The molecule has 7 heteroatoms. The summed E-state index contributed by atoms with van der Waals surface area (Å²) < 4.78 is 13.4. The van der Waals surface area contributed by atoms with E-state index in [9.17, 15) is 14.0 Å². The first-order valence-corrected chi connectivity index (χ1v) is 6.42. The molecule has 112 valence electrons. The van der Waals surface area contributed by atoms with Crippen LogP contribution in [0.3, 0.4) is 0 Å². The first kappa shape index (κ1) is 15.3. The highest BCUT2D eigenvalue weighted by molar-refractivity contribution is 5.96. The molecule has 2 N–H and O–H groups in total. The Morgan fingerprint density at radius 3 is 2.68 bits per heavy atom. The fourth-order valence-electron chi connectivity index (χ4n) is 1.56. The lowest BCUT2D eigenvalue weighted by molar-refractivity contribution is -0.120. The van der Waals surface area contributed by atoms with Gasteiger partial charge < -0.3 is 5.32 Å². The third-order valence-corrected chi connectivity index (χ3v) is 2.60. The molecule has 1 aromatic heterocycles. The van der Waals surface area contributed by atoms with E-state index in [1.807, 2.05) is 0 Å². The van der Waals surface area contributed by atoms with Gasteiger partial charge in [-0.05, 0) is 24.3 Å². The average Bonchev–Trinajstić information content (AvgIpc) is 2.54. The molecular formula is C15H13FN4O2. The predicted octanol–water partition coefficient (Wildman–Crippen LogP) is 1.10. The lowest BCUT2D eigenvalue weighted by Gasteiger charge is -2.04. The molecular weight excluding hydrogens is 287 g/mol. The van der Waals surface area contributed by atoms with Crippen molar-refractivity contribution in [2.45, 2.75) is 0 Å². The van der Waals surface area contributed by atoms with Crippen molar-refractivity contribution in [2.24, 2.45) is 5.10 Å². The second kappa shape index (κ2) is 7.63. The maximum atomic E-state index is 13.4. The van der Waals surface area contributed by atoms with Crippen LogP contribution in [0, 0.1) is 5.82 Å². The van der Waals surface area contributed by atoms with E-state index in [0.29, 0.717) is 5.69 Å². The van der Waals surface area contributed by atoms with Gasteiger partial charge in [-0.15, -0.1) is 0 Å². The van der Waals surface area contributed by atoms with Gasteiger partial charge in [0.05, 0.1) is 24.0 Å². The van der Waals surface area contributed by atoms with Crippen LogP contribution in [0.15, 0.2) is 53.8 Å². The van der Waals surface area contributed by atoms with Crippen LogP contribution in [0.1, 0.15) is 16.1 Å². The van der Waals surface area contributed by atoms with E-state index in [1.165, 1.54) is 30.5 Å². The molecule has 0 saturated heterocycles. The molecule has 0 bridgehead atoms. The van der Waals surface area contributed by atoms with E-state index in [0.717, 1.165) is 0 Å². The van der Waals surface area contributed by atoms with Crippen LogP contribution in [-0.2, 0) is 4.79 Å². The van der Waals surface area contributed by atoms with Gasteiger partial charge in [0.15, 0.2) is 0 Å². The highest BCUT2D eigenvalue weighted by Crippen LogP contribution is 2.05. The minimum Gasteiger partial charge on any atom is -0.343 e. The third kappa shape index (κ3) is 4.48. The quantitative estimate of drug-likeness (QED) is 0.640. The lowest BCUT2D eigenvalue weighted by Crippen LogP contribution is -2.35. The maximum absolute atomic E-state index is 13.4. The van der Waals surface area contributed by atoms with Crippen molar-refractivity contribution in [2.75, 3.05) is 6.54 Å². The zero-order valence-corrected chi connectivity index (χ0v) is 11.5. The molecule has 0 aliphatic heterocycles. The predicted molar refractivity (Wildman–Crippen MR) is 78.7 cm³/mol. The minimum atomic E-state index is -0.665. The molecule has 0 spiro atoms. The van der Waals surface area contributed by atoms with E-state index < -0.39 is 17.6 Å². The van der Waals surface area contributed by atoms with Crippen LogP contribution in [0.4, 0.5) is 4.39 Å². The van der Waals surface area contributed by atoms with Gasteiger partial charge in [-0.3, -0.25) is 14.6 Å². The monoisotopic (exact) mass is 300 g/mol. The number of rotatable bonds is 5. The number of pyridine rings is 1. The van der Waals surface area contributed by atoms with Crippen molar-refractivity contribution in [3.8, 4) is 0 Å². The Bertz CT molecular complexity index is 689. The Labute approximate surface area is 126 Å². The summed E-state index contributed by atoms with van der Waals surface area (Å²) in [5.41, 5.74) is 2.70. The standard InChI is InChI=1S/C15H13FN4O2/c16-13-7-2-1-6-12(13)15(22)18-10-14(21)20-19-9-11-5-3-4-8-17-11/h1-9H,10H2,(H,18,22)(H,20,21)/b19-9+. The summed E-state index contributed by atoms with van der Waals surface area (Å²) in [6.07, 6.45) is 2.97. The number of aromatic nitrogens is 1. The van der Waals surface area contributed by atoms with Gasteiger partial charge in [-0.2, -0.15) is 5.10 Å². The number of carbonyl (C=O) groups excluding carboxylic acids is 2. The van der Waals surface area contributed by atoms with E-state index >= 15 is 0 Å². The molecule has 0 atom stereocenters. The fourth-order valence-corrected chi connectivity index (χ4v) is 1.56. The van der Waals surface area contributed by atoms with E-state index in [4.69, 9.17) is 0 Å². The number of nitrogens with one attached hydrogen (secondary N) is 2. The van der Waals surface area contributed by atoms with Crippen LogP contribution in [0.5, 0.6) is 0 Å². The Morgan fingerprint density at radius 1 is 1.18 bits per heavy atom. The molecule has 0 aliphatic rings. The smallest absolute Gasteiger partial charge is 0.259 e. The molecule has 1 aromatic carbocycles. The molecule has 0 saturated carbocycles. The highest BCUT2D eigenvalue weighted by Gasteiger charge is 2.11. The Hall–Kier alpha value is -3.09. The number of nitrogens with zero attached hydrogens (tertiary/aromatic N) is 2. The first-order chi connectivity index (χ1) is 10.7. The highest BCUT2D eigenvalue weighted by atomic mass is 19.1. The normalized spacial score (nSPS) is 10.4. The van der Waals surface area contributed by atoms with Crippen molar-refractivity contribution < 1.29 is 14.0 Å². The van der Waals surface area contributed by atoms with Crippen molar-refractivity contribution >= 4 is 18.0 Å². The largest absolute Gasteiger partial charge is 0.343 e. The summed E-state index contributed by atoms with van der Waals surface area (Å²) in [7, 11) is 0. The molecule has 6 nitrogen and oxygen atoms in total. The average molecular weight is 300 g/mol. The summed E-state index contributed by atoms with van der Waals surface area (Å²) in [5.74, 6) is -1.84. The van der Waals surface area contributed by atoms with Gasteiger partial charge in [-0.25, -0.2) is 9.82 Å². The zero-order valence-electron chi connectivity index (χ0n) is 11.5. The topological polar surface area (TPSA) is 83.5 Å². The molecule has 0 radical (unpaired) electrons. The van der Waals surface area contributed by atoms with Gasteiger partial charge in [0.1, 0.15) is 5.82 Å². The summed E-state index contributed by atoms with van der Waals surface area (Å²) in [6, 6.07) is 10.8. The maximum Gasteiger partial charge on any atom is 0.259 e. The molecule has 2 amide bonds. The number of hydrogen-bond donors (Lipinski definition) is 2. The minimum absolute atomic E-state index is 0.118. The van der Waals surface area contributed by atoms with Gasteiger partial charge >= 0.3 is 0 Å². The summed E-state index contributed by atoms with van der Waals surface area (Å²) in [6.45, 7) is -0.313. The van der Waals surface area contributed by atoms with E-state index in [2.05, 4.69) is 20.8 Å². The van der Waals surface area contributed by atoms with Crippen molar-refractivity contribution in [1.82, 2.24) is 15.7 Å². The van der Waals surface area contributed by atoms with Crippen molar-refractivity contribution in [3.63, 3.8) is 0 Å². The SMILES string of the molecule is O=C(CNC(=O)c1ccccc1F)N/N=C/c1ccccn1. The van der Waals surface area contributed by atoms with E-state index in [1.54, 1.807) is 24.4 Å². The molecule has 0 fully saturated rings. The Kier molecular flexibility index (Phi) is 5.31. The van der Waals surface area contributed by atoms with Crippen LogP contribution in [0.2, 0.25) is 0 Å². The molecule has 1 heterocycles. The second-order valence-electron chi connectivity index (χ2n) is 4.21.